The minimum absolute atomic E-state index is 0.0931. The standard InChI is InChI=1S/C20H16F6N4/c1-11(10-27)17-18(29-30-28-17)14-4-2-12(3-5-14)6-13-7-15(19(21,22)23)9-16(8-13)20(24,25)26/h2-5,7-11,27H,6H2,1H3,(H,28,29,30). The summed E-state index contributed by atoms with van der Waals surface area (Å²) >= 11 is 0. The maximum Gasteiger partial charge on any atom is 0.416 e. The molecule has 0 spiro atoms. The Balaban J connectivity index is 1.91. The van der Waals surface area contributed by atoms with E-state index in [1.807, 2.05) is 0 Å². The van der Waals surface area contributed by atoms with E-state index in [0.717, 1.165) is 12.1 Å². The number of hydrogen-bond donors (Lipinski definition) is 2. The van der Waals surface area contributed by atoms with Gasteiger partial charge in [0.05, 0.1) is 16.8 Å². The Kier molecular flexibility index (Phi) is 5.69. The van der Waals surface area contributed by atoms with Crippen molar-refractivity contribution in [3.8, 4) is 11.3 Å². The molecule has 2 N–H and O–H groups in total. The van der Waals surface area contributed by atoms with Crippen molar-refractivity contribution in [3.05, 3.63) is 70.4 Å². The third kappa shape index (κ3) is 4.69. The van der Waals surface area contributed by atoms with Crippen molar-refractivity contribution in [3.63, 3.8) is 0 Å². The summed E-state index contributed by atoms with van der Waals surface area (Å²) in [6.07, 6.45) is -8.65. The summed E-state index contributed by atoms with van der Waals surface area (Å²) in [5.74, 6) is -0.274. The Labute approximate surface area is 167 Å². The van der Waals surface area contributed by atoms with E-state index < -0.39 is 23.5 Å². The van der Waals surface area contributed by atoms with E-state index in [-0.39, 0.29) is 24.0 Å². The predicted molar refractivity (Wildman–Crippen MR) is 98.3 cm³/mol. The molecular formula is C20H16F6N4. The molecule has 1 heterocycles. The zero-order chi connectivity index (χ0) is 22.1. The summed E-state index contributed by atoms with van der Waals surface area (Å²) in [7, 11) is 0. The summed E-state index contributed by atoms with van der Waals surface area (Å²) in [4.78, 5) is 0. The Morgan fingerprint density at radius 2 is 1.47 bits per heavy atom. The number of alkyl halides is 6. The van der Waals surface area contributed by atoms with Gasteiger partial charge < -0.3 is 5.41 Å². The zero-order valence-electron chi connectivity index (χ0n) is 15.6. The van der Waals surface area contributed by atoms with Crippen LogP contribution in [0.1, 0.15) is 40.8 Å². The molecule has 0 aliphatic carbocycles. The van der Waals surface area contributed by atoms with Crippen LogP contribution >= 0.6 is 0 Å². The summed E-state index contributed by atoms with van der Waals surface area (Å²) in [6, 6.07) is 8.10. The second kappa shape index (κ2) is 7.92. The van der Waals surface area contributed by atoms with Gasteiger partial charge in [-0.1, -0.05) is 31.2 Å². The van der Waals surface area contributed by atoms with E-state index in [0.29, 0.717) is 22.5 Å². The monoisotopic (exact) mass is 426 g/mol. The largest absolute Gasteiger partial charge is 0.416 e. The van der Waals surface area contributed by atoms with Gasteiger partial charge in [0, 0.05) is 17.7 Å². The lowest BCUT2D eigenvalue weighted by molar-refractivity contribution is -0.143. The number of aromatic amines is 1. The Morgan fingerprint density at radius 1 is 0.900 bits per heavy atom. The Hall–Kier alpha value is -3.17. The van der Waals surface area contributed by atoms with E-state index in [9.17, 15) is 26.3 Å². The van der Waals surface area contributed by atoms with Crippen LogP contribution in [0.5, 0.6) is 0 Å². The second-order valence-electron chi connectivity index (χ2n) is 6.80. The van der Waals surface area contributed by atoms with Crippen LogP contribution in [0.2, 0.25) is 0 Å². The molecule has 3 aromatic rings. The van der Waals surface area contributed by atoms with Gasteiger partial charge in [0.15, 0.2) is 0 Å². The van der Waals surface area contributed by atoms with Crippen molar-refractivity contribution in [2.24, 2.45) is 0 Å². The summed E-state index contributed by atoms with van der Waals surface area (Å²) in [5.41, 5.74) is -0.480. The maximum absolute atomic E-state index is 13.0. The van der Waals surface area contributed by atoms with Gasteiger partial charge in [-0.25, -0.2) is 0 Å². The van der Waals surface area contributed by atoms with Gasteiger partial charge >= 0.3 is 12.4 Å². The van der Waals surface area contributed by atoms with Gasteiger partial charge in [-0.15, -0.1) is 0 Å². The molecule has 0 saturated heterocycles. The predicted octanol–water partition coefficient (Wildman–Crippen LogP) is 5.85. The molecule has 0 radical (unpaired) electrons. The molecule has 158 valence electrons. The first-order valence-electron chi connectivity index (χ1n) is 8.78. The van der Waals surface area contributed by atoms with E-state index in [4.69, 9.17) is 5.41 Å². The average molecular weight is 426 g/mol. The molecule has 0 saturated carbocycles. The van der Waals surface area contributed by atoms with Gasteiger partial charge in [-0.05, 0) is 35.7 Å². The fourth-order valence-electron chi connectivity index (χ4n) is 2.99. The van der Waals surface area contributed by atoms with Crippen LogP contribution in [-0.2, 0) is 18.8 Å². The zero-order valence-corrected chi connectivity index (χ0v) is 15.6. The number of rotatable bonds is 5. The number of H-pyrrole nitrogens is 1. The molecule has 0 bridgehead atoms. The highest BCUT2D eigenvalue weighted by Gasteiger charge is 2.36. The van der Waals surface area contributed by atoms with Crippen molar-refractivity contribution in [1.82, 2.24) is 15.4 Å². The molecule has 1 aromatic heterocycles. The summed E-state index contributed by atoms with van der Waals surface area (Å²) in [5, 5.41) is 17.9. The van der Waals surface area contributed by atoms with Crippen LogP contribution in [0.4, 0.5) is 26.3 Å². The lowest BCUT2D eigenvalue weighted by Crippen LogP contribution is -2.12. The van der Waals surface area contributed by atoms with Crippen molar-refractivity contribution in [2.45, 2.75) is 31.6 Å². The minimum atomic E-state index is -4.88. The molecule has 0 amide bonds. The Bertz CT molecular complexity index is 1000. The van der Waals surface area contributed by atoms with Crippen LogP contribution in [0.15, 0.2) is 42.5 Å². The van der Waals surface area contributed by atoms with Crippen LogP contribution < -0.4 is 0 Å². The molecule has 0 aliphatic rings. The second-order valence-corrected chi connectivity index (χ2v) is 6.80. The van der Waals surface area contributed by atoms with Crippen molar-refractivity contribution < 1.29 is 26.3 Å². The first-order valence-corrected chi connectivity index (χ1v) is 8.78. The summed E-state index contributed by atoms with van der Waals surface area (Å²) in [6.45, 7) is 1.77. The Morgan fingerprint density at radius 3 is 1.97 bits per heavy atom. The van der Waals surface area contributed by atoms with Gasteiger partial charge in [-0.3, -0.25) is 0 Å². The highest BCUT2D eigenvalue weighted by molar-refractivity contribution is 5.70. The van der Waals surface area contributed by atoms with Gasteiger partial charge in [0.2, 0.25) is 0 Å². The number of hydrogen-bond acceptors (Lipinski definition) is 3. The van der Waals surface area contributed by atoms with Crippen LogP contribution in [0.25, 0.3) is 11.3 Å². The highest BCUT2D eigenvalue weighted by Crippen LogP contribution is 2.37. The van der Waals surface area contributed by atoms with Crippen LogP contribution in [-0.4, -0.2) is 21.6 Å². The smallest absolute Gasteiger partial charge is 0.312 e. The number of nitrogens with one attached hydrogen (secondary N) is 2. The molecule has 0 aliphatic heterocycles. The van der Waals surface area contributed by atoms with E-state index >= 15 is 0 Å². The SMILES string of the molecule is CC(C=N)c1n[nH]nc1-c1ccc(Cc2cc(C(F)(F)F)cc(C(F)(F)F)c2)cc1. The quantitative estimate of drug-likeness (QED) is 0.397. The third-order valence-corrected chi connectivity index (χ3v) is 4.54. The van der Waals surface area contributed by atoms with Gasteiger partial charge in [0.25, 0.3) is 0 Å². The first kappa shape index (κ1) is 21.5. The molecule has 30 heavy (non-hydrogen) atoms. The fraction of sp³-hybridized carbons (Fsp3) is 0.250. The van der Waals surface area contributed by atoms with E-state index in [1.165, 1.54) is 6.21 Å². The van der Waals surface area contributed by atoms with Crippen LogP contribution in [0, 0.1) is 5.41 Å². The number of aromatic nitrogens is 3. The molecule has 1 atom stereocenters. The topological polar surface area (TPSA) is 65.4 Å². The molecular weight excluding hydrogens is 410 g/mol. The van der Waals surface area contributed by atoms with Crippen molar-refractivity contribution >= 4 is 6.21 Å². The fourth-order valence-corrected chi connectivity index (χ4v) is 2.99. The third-order valence-electron chi connectivity index (χ3n) is 4.54. The normalized spacial score (nSPS) is 13.3. The lowest BCUT2D eigenvalue weighted by atomic mass is 9.97. The molecule has 1 unspecified atom stereocenters. The molecule has 0 fully saturated rings. The average Bonchev–Trinajstić information content (AvgIpc) is 3.16. The van der Waals surface area contributed by atoms with Crippen LogP contribution in [0.3, 0.4) is 0 Å². The van der Waals surface area contributed by atoms with Gasteiger partial charge in [0.1, 0.15) is 5.69 Å². The number of halogens is 6. The molecule has 3 rings (SSSR count). The number of benzene rings is 2. The first-order chi connectivity index (χ1) is 14.0. The van der Waals surface area contributed by atoms with Crippen molar-refractivity contribution in [2.75, 3.05) is 0 Å². The highest BCUT2D eigenvalue weighted by atomic mass is 19.4. The van der Waals surface area contributed by atoms with E-state index in [1.54, 1.807) is 31.2 Å². The minimum Gasteiger partial charge on any atom is -0.312 e. The number of nitrogens with zero attached hydrogens (tertiary/aromatic N) is 2. The van der Waals surface area contributed by atoms with Crippen molar-refractivity contribution in [1.29, 1.82) is 5.41 Å². The lowest BCUT2D eigenvalue weighted by Gasteiger charge is -2.14. The summed E-state index contributed by atoms with van der Waals surface area (Å²) < 4.78 is 78.1. The van der Waals surface area contributed by atoms with E-state index in [2.05, 4.69) is 15.4 Å². The molecule has 10 heteroatoms. The molecule has 2 aromatic carbocycles. The van der Waals surface area contributed by atoms with Gasteiger partial charge in [-0.2, -0.15) is 41.8 Å². The molecule has 4 nitrogen and oxygen atoms in total. The maximum atomic E-state index is 13.0.